The number of nitrogens with one attached hydrogen (secondary N) is 1. The second kappa shape index (κ2) is 7.26. The Morgan fingerprint density at radius 3 is 2.62 bits per heavy atom. The van der Waals surface area contributed by atoms with E-state index in [9.17, 15) is 9.18 Å². The summed E-state index contributed by atoms with van der Waals surface area (Å²) in [5, 5.41) is 7.98. The molecular formula is C22H27FN2O. The third-order valence-corrected chi connectivity index (χ3v) is 5.94. The Bertz CT molecular complexity index is 763. The Morgan fingerprint density at radius 2 is 2.04 bits per heavy atom. The van der Waals surface area contributed by atoms with Crippen LogP contribution in [0.4, 0.5) is 10.1 Å². The zero-order chi connectivity index (χ0) is 18.9. The van der Waals surface area contributed by atoms with Crippen molar-refractivity contribution in [2.24, 2.45) is 28.2 Å². The molecule has 0 aliphatic heterocycles. The number of aliphatic imine (C=N–C) groups is 1. The molecule has 0 heterocycles. The van der Waals surface area contributed by atoms with E-state index in [-0.39, 0.29) is 23.1 Å². The van der Waals surface area contributed by atoms with Crippen LogP contribution in [-0.4, -0.2) is 18.2 Å². The number of nitrogens with zero attached hydrogens (tertiary/aromatic N) is 1. The Balaban J connectivity index is 2.15. The molecule has 4 heteroatoms. The second-order valence-electron chi connectivity index (χ2n) is 8.20. The fraction of sp³-hybridized carbons (Fsp3) is 0.500. The number of carbonyl (C=O) groups is 1. The van der Waals surface area contributed by atoms with Crippen molar-refractivity contribution in [2.45, 2.75) is 46.5 Å². The van der Waals surface area contributed by atoms with Crippen LogP contribution in [0.25, 0.3) is 0 Å². The highest BCUT2D eigenvalue weighted by molar-refractivity contribution is 6.11. The molecule has 1 aromatic carbocycles. The molecule has 0 saturated heterocycles. The molecule has 0 aromatic heterocycles. The van der Waals surface area contributed by atoms with Crippen LogP contribution >= 0.6 is 0 Å². The zero-order valence-corrected chi connectivity index (χ0v) is 15.8. The van der Waals surface area contributed by atoms with Gasteiger partial charge in [-0.1, -0.05) is 26.3 Å². The summed E-state index contributed by atoms with van der Waals surface area (Å²) in [5.74, 6) is 0.0941. The zero-order valence-electron chi connectivity index (χ0n) is 15.8. The quantitative estimate of drug-likeness (QED) is 0.549. The number of halogens is 1. The van der Waals surface area contributed by atoms with Gasteiger partial charge < -0.3 is 10.2 Å². The normalized spacial score (nSPS) is 30.0. The van der Waals surface area contributed by atoms with E-state index in [0.29, 0.717) is 11.6 Å². The Morgan fingerprint density at radius 1 is 1.35 bits per heavy atom. The predicted octanol–water partition coefficient (Wildman–Crippen LogP) is 5.53. The minimum absolute atomic E-state index is 0.0227. The first-order valence-corrected chi connectivity index (χ1v) is 9.42. The lowest BCUT2D eigenvalue weighted by atomic mass is 9.63. The van der Waals surface area contributed by atoms with Gasteiger partial charge in [0.2, 0.25) is 0 Å². The summed E-state index contributed by atoms with van der Waals surface area (Å²) < 4.78 is 13.2. The number of carbonyl (C=O) groups excluding carboxylic acids is 1. The van der Waals surface area contributed by atoms with E-state index in [1.807, 2.05) is 0 Å². The fourth-order valence-corrected chi connectivity index (χ4v) is 4.63. The molecule has 1 fully saturated rings. The standard InChI is InChI=1S/C22H27FN2O/c1-14(2)10-19-20-9-4-16(13-26)22(20,3)11-15(12-24)21(19)25-18-7-5-17(23)6-8-18/h5-8,12-16,24H,4,9-11H2,1-3H3. The van der Waals surface area contributed by atoms with Crippen LogP contribution in [-0.2, 0) is 4.79 Å². The van der Waals surface area contributed by atoms with Crippen LogP contribution < -0.4 is 0 Å². The maximum absolute atomic E-state index is 13.2. The molecular weight excluding hydrogens is 327 g/mol. The van der Waals surface area contributed by atoms with E-state index in [1.165, 1.54) is 29.5 Å². The van der Waals surface area contributed by atoms with Gasteiger partial charge in [0.15, 0.2) is 0 Å². The molecule has 26 heavy (non-hydrogen) atoms. The van der Waals surface area contributed by atoms with E-state index in [0.717, 1.165) is 37.7 Å². The Hall–Kier alpha value is -2.10. The molecule has 1 saturated carbocycles. The topological polar surface area (TPSA) is 53.3 Å². The van der Waals surface area contributed by atoms with Gasteiger partial charge >= 0.3 is 0 Å². The molecule has 3 nitrogen and oxygen atoms in total. The molecule has 3 unspecified atom stereocenters. The van der Waals surface area contributed by atoms with Crippen LogP contribution in [0.15, 0.2) is 40.4 Å². The molecule has 3 atom stereocenters. The van der Waals surface area contributed by atoms with Gasteiger partial charge in [-0.2, -0.15) is 0 Å². The summed E-state index contributed by atoms with van der Waals surface area (Å²) in [6.07, 6.45) is 6.01. The van der Waals surface area contributed by atoms with Crippen molar-refractivity contribution >= 4 is 23.9 Å². The largest absolute Gasteiger partial charge is 0.312 e. The van der Waals surface area contributed by atoms with E-state index in [2.05, 4.69) is 20.8 Å². The lowest BCUT2D eigenvalue weighted by Gasteiger charge is -2.40. The first-order chi connectivity index (χ1) is 12.4. The van der Waals surface area contributed by atoms with Crippen LogP contribution in [0, 0.1) is 34.4 Å². The van der Waals surface area contributed by atoms with Crippen molar-refractivity contribution in [1.82, 2.24) is 0 Å². The summed E-state index contributed by atoms with van der Waals surface area (Å²) in [4.78, 5) is 16.5. The van der Waals surface area contributed by atoms with Gasteiger partial charge in [0, 0.05) is 18.1 Å². The first-order valence-electron chi connectivity index (χ1n) is 9.42. The Labute approximate surface area is 154 Å². The average molecular weight is 354 g/mol. The van der Waals surface area contributed by atoms with E-state index in [1.54, 1.807) is 12.1 Å². The van der Waals surface area contributed by atoms with Gasteiger partial charge in [0.05, 0.1) is 11.4 Å². The van der Waals surface area contributed by atoms with Crippen LogP contribution in [0.3, 0.4) is 0 Å². The smallest absolute Gasteiger partial charge is 0.123 e. The molecule has 3 rings (SSSR count). The number of benzene rings is 1. The number of allylic oxidation sites excluding steroid dienone is 2. The molecule has 2 aliphatic rings. The van der Waals surface area contributed by atoms with Crippen molar-refractivity contribution in [3.05, 3.63) is 41.2 Å². The molecule has 138 valence electrons. The Kier molecular flexibility index (Phi) is 5.22. The first kappa shape index (κ1) is 18.7. The van der Waals surface area contributed by atoms with Gasteiger partial charge in [0.1, 0.15) is 12.1 Å². The number of aldehydes is 1. The van der Waals surface area contributed by atoms with E-state index >= 15 is 0 Å². The van der Waals surface area contributed by atoms with Crippen molar-refractivity contribution in [3.8, 4) is 0 Å². The summed E-state index contributed by atoms with van der Waals surface area (Å²) in [6.45, 7) is 6.54. The van der Waals surface area contributed by atoms with Crippen molar-refractivity contribution in [3.63, 3.8) is 0 Å². The van der Waals surface area contributed by atoms with Gasteiger partial charge in [-0.05, 0) is 66.9 Å². The number of hydrogen-bond acceptors (Lipinski definition) is 3. The minimum atomic E-state index is -0.279. The average Bonchev–Trinajstić information content (AvgIpc) is 2.94. The maximum atomic E-state index is 13.2. The summed E-state index contributed by atoms with van der Waals surface area (Å²) in [7, 11) is 0. The van der Waals surface area contributed by atoms with Gasteiger partial charge in [-0.25, -0.2) is 4.39 Å². The number of rotatable bonds is 5. The van der Waals surface area contributed by atoms with Crippen molar-refractivity contribution in [2.75, 3.05) is 0 Å². The SMILES string of the molecule is CC(C)CC1=C2CCC(C=O)C2(C)CC(C=N)C1=Nc1ccc(F)cc1. The summed E-state index contributed by atoms with van der Waals surface area (Å²) >= 11 is 0. The highest BCUT2D eigenvalue weighted by Gasteiger charge is 2.49. The van der Waals surface area contributed by atoms with Gasteiger partial charge in [0.25, 0.3) is 0 Å². The number of fused-ring (bicyclic) bond motifs is 1. The lowest BCUT2D eigenvalue weighted by molar-refractivity contribution is -0.113. The summed E-state index contributed by atoms with van der Waals surface area (Å²) in [5.41, 5.74) is 4.04. The van der Waals surface area contributed by atoms with Crippen LogP contribution in [0.1, 0.15) is 46.5 Å². The van der Waals surface area contributed by atoms with Gasteiger partial charge in [-0.3, -0.25) is 4.99 Å². The molecule has 1 N–H and O–H groups in total. The highest BCUT2D eigenvalue weighted by atomic mass is 19.1. The highest BCUT2D eigenvalue weighted by Crippen LogP contribution is 2.55. The fourth-order valence-electron chi connectivity index (χ4n) is 4.63. The second-order valence-corrected chi connectivity index (χ2v) is 8.20. The van der Waals surface area contributed by atoms with Crippen molar-refractivity contribution in [1.29, 1.82) is 5.41 Å². The predicted molar refractivity (Wildman–Crippen MR) is 104 cm³/mol. The summed E-state index contributed by atoms with van der Waals surface area (Å²) in [6, 6.07) is 6.19. The third kappa shape index (κ3) is 3.29. The molecule has 1 aromatic rings. The maximum Gasteiger partial charge on any atom is 0.123 e. The van der Waals surface area contributed by atoms with E-state index in [4.69, 9.17) is 10.4 Å². The van der Waals surface area contributed by atoms with Gasteiger partial charge in [-0.15, -0.1) is 0 Å². The lowest BCUT2D eigenvalue weighted by Crippen LogP contribution is -2.37. The minimum Gasteiger partial charge on any atom is -0.312 e. The number of hydrogen-bond donors (Lipinski definition) is 1. The molecule has 0 radical (unpaired) electrons. The molecule has 0 amide bonds. The van der Waals surface area contributed by atoms with Crippen molar-refractivity contribution < 1.29 is 9.18 Å². The third-order valence-electron chi connectivity index (χ3n) is 5.94. The molecule has 0 bridgehead atoms. The van der Waals surface area contributed by atoms with Crippen LogP contribution in [0.2, 0.25) is 0 Å². The van der Waals surface area contributed by atoms with E-state index < -0.39 is 0 Å². The molecule has 0 spiro atoms. The monoisotopic (exact) mass is 354 g/mol. The van der Waals surface area contributed by atoms with Crippen LogP contribution in [0.5, 0.6) is 0 Å². The molecule has 2 aliphatic carbocycles.